The van der Waals surface area contributed by atoms with Crippen LogP contribution in [0.1, 0.15) is 36.9 Å². The predicted molar refractivity (Wildman–Crippen MR) is 73.2 cm³/mol. The Morgan fingerprint density at radius 3 is 2.81 bits per heavy atom. The third kappa shape index (κ3) is 2.08. The molecular weight excluding hydrogens is 276 g/mol. The van der Waals surface area contributed by atoms with E-state index in [4.69, 9.17) is 4.42 Å². The van der Waals surface area contributed by atoms with Crippen molar-refractivity contribution in [3.8, 4) is 0 Å². The standard InChI is InChI=1S/C13H14N4O4/c1-8-7-9(2)16-11(5-6-14-16)15(8)13(18)10-3-4-12(21-10)17(19)20/h3-6,8-9H,7H2,1-2H3/t8-,9-/m0/s1. The van der Waals surface area contributed by atoms with E-state index in [1.165, 1.54) is 12.1 Å². The molecule has 0 aliphatic carbocycles. The molecule has 1 aliphatic heterocycles. The summed E-state index contributed by atoms with van der Waals surface area (Å²) in [6, 6.07) is 4.41. The molecule has 0 spiro atoms. The van der Waals surface area contributed by atoms with Crippen LogP contribution in [0.3, 0.4) is 0 Å². The van der Waals surface area contributed by atoms with E-state index in [0.717, 1.165) is 6.42 Å². The molecule has 3 heterocycles. The molecular formula is C13H14N4O4. The van der Waals surface area contributed by atoms with Crippen LogP contribution in [0.25, 0.3) is 0 Å². The van der Waals surface area contributed by atoms with Crippen LogP contribution in [0.15, 0.2) is 28.8 Å². The first-order valence-electron chi connectivity index (χ1n) is 6.60. The summed E-state index contributed by atoms with van der Waals surface area (Å²) in [6.07, 6.45) is 2.39. The van der Waals surface area contributed by atoms with Crippen LogP contribution in [0.5, 0.6) is 0 Å². The van der Waals surface area contributed by atoms with Crippen molar-refractivity contribution in [1.82, 2.24) is 9.78 Å². The first-order chi connectivity index (χ1) is 9.99. The van der Waals surface area contributed by atoms with Gasteiger partial charge in [0.1, 0.15) is 10.7 Å². The molecule has 0 unspecified atom stereocenters. The molecule has 0 aromatic carbocycles. The molecule has 21 heavy (non-hydrogen) atoms. The number of hydrogen-bond donors (Lipinski definition) is 0. The molecule has 1 aliphatic rings. The molecule has 8 nitrogen and oxygen atoms in total. The van der Waals surface area contributed by atoms with Crippen molar-refractivity contribution in [3.63, 3.8) is 0 Å². The van der Waals surface area contributed by atoms with Crippen LogP contribution in [-0.2, 0) is 0 Å². The number of anilines is 1. The third-order valence-electron chi connectivity index (χ3n) is 3.64. The topological polar surface area (TPSA) is 94.4 Å². The highest BCUT2D eigenvalue weighted by molar-refractivity contribution is 6.04. The minimum absolute atomic E-state index is 0.0409. The molecule has 0 bridgehead atoms. The fourth-order valence-electron chi connectivity index (χ4n) is 2.73. The van der Waals surface area contributed by atoms with E-state index >= 15 is 0 Å². The number of nitro groups is 1. The Morgan fingerprint density at radius 1 is 1.38 bits per heavy atom. The Morgan fingerprint density at radius 2 is 2.14 bits per heavy atom. The zero-order valence-electron chi connectivity index (χ0n) is 11.6. The number of carbonyl (C=O) groups excluding carboxylic acids is 1. The fraction of sp³-hybridized carbons (Fsp3) is 0.385. The van der Waals surface area contributed by atoms with Crippen molar-refractivity contribution < 1.29 is 14.1 Å². The van der Waals surface area contributed by atoms with E-state index < -0.39 is 16.7 Å². The highest BCUT2D eigenvalue weighted by atomic mass is 16.6. The Kier molecular flexibility index (Phi) is 3.00. The molecule has 3 rings (SSSR count). The van der Waals surface area contributed by atoms with Gasteiger partial charge in [-0.15, -0.1) is 0 Å². The summed E-state index contributed by atoms with van der Waals surface area (Å²) in [5.74, 6) is -0.213. The number of nitrogens with zero attached hydrogens (tertiary/aromatic N) is 4. The van der Waals surface area contributed by atoms with Gasteiger partial charge in [-0.2, -0.15) is 5.10 Å². The van der Waals surface area contributed by atoms with Gasteiger partial charge in [0.05, 0.1) is 18.3 Å². The molecule has 8 heteroatoms. The lowest BCUT2D eigenvalue weighted by Gasteiger charge is -2.36. The van der Waals surface area contributed by atoms with E-state index in [1.807, 2.05) is 13.8 Å². The van der Waals surface area contributed by atoms with Crippen molar-refractivity contribution in [3.05, 3.63) is 40.3 Å². The Balaban J connectivity index is 1.97. The summed E-state index contributed by atoms with van der Waals surface area (Å²) in [6.45, 7) is 3.97. The van der Waals surface area contributed by atoms with Gasteiger partial charge in [0.2, 0.25) is 0 Å². The molecule has 0 saturated carbocycles. The molecule has 110 valence electrons. The van der Waals surface area contributed by atoms with E-state index in [1.54, 1.807) is 21.8 Å². The van der Waals surface area contributed by atoms with Gasteiger partial charge in [-0.25, -0.2) is 4.68 Å². The van der Waals surface area contributed by atoms with E-state index in [2.05, 4.69) is 5.10 Å². The molecule has 1 amide bonds. The van der Waals surface area contributed by atoms with Crippen molar-refractivity contribution in [2.24, 2.45) is 0 Å². The molecule has 0 radical (unpaired) electrons. The van der Waals surface area contributed by atoms with Gasteiger partial charge < -0.3 is 4.42 Å². The van der Waals surface area contributed by atoms with Crippen molar-refractivity contribution in [2.75, 3.05) is 4.90 Å². The summed E-state index contributed by atoms with van der Waals surface area (Å²) in [4.78, 5) is 24.1. The summed E-state index contributed by atoms with van der Waals surface area (Å²) < 4.78 is 6.78. The van der Waals surface area contributed by atoms with Crippen molar-refractivity contribution >= 4 is 17.6 Å². The van der Waals surface area contributed by atoms with Crippen molar-refractivity contribution in [2.45, 2.75) is 32.4 Å². The predicted octanol–water partition coefficient (Wildman–Crippen LogP) is 2.38. The van der Waals surface area contributed by atoms with Crippen LogP contribution < -0.4 is 4.90 Å². The van der Waals surface area contributed by atoms with Gasteiger partial charge >= 0.3 is 5.88 Å². The van der Waals surface area contributed by atoms with Crippen LogP contribution in [0.4, 0.5) is 11.7 Å². The smallest absolute Gasteiger partial charge is 0.395 e. The van der Waals surface area contributed by atoms with E-state index in [0.29, 0.717) is 5.82 Å². The highest BCUT2D eigenvalue weighted by Crippen LogP contribution is 2.32. The van der Waals surface area contributed by atoms with Gasteiger partial charge in [0.25, 0.3) is 5.91 Å². The quantitative estimate of drug-likeness (QED) is 0.625. The maximum Gasteiger partial charge on any atom is 0.433 e. The second kappa shape index (κ2) is 4.72. The second-order valence-corrected chi connectivity index (χ2v) is 5.14. The Labute approximate surface area is 120 Å². The van der Waals surface area contributed by atoms with Crippen LogP contribution in [-0.4, -0.2) is 26.7 Å². The minimum atomic E-state index is -0.664. The zero-order valence-corrected chi connectivity index (χ0v) is 11.6. The average molecular weight is 290 g/mol. The second-order valence-electron chi connectivity index (χ2n) is 5.14. The van der Waals surface area contributed by atoms with Gasteiger partial charge in [0, 0.05) is 12.1 Å². The summed E-state index contributed by atoms with van der Waals surface area (Å²) in [5, 5.41) is 14.9. The Hall–Kier alpha value is -2.64. The number of aromatic nitrogens is 2. The van der Waals surface area contributed by atoms with E-state index in [-0.39, 0.29) is 17.8 Å². The lowest BCUT2D eigenvalue weighted by atomic mass is 10.1. The number of rotatable bonds is 2. The monoisotopic (exact) mass is 290 g/mol. The number of fused-ring (bicyclic) bond motifs is 1. The first-order valence-corrected chi connectivity index (χ1v) is 6.60. The van der Waals surface area contributed by atoms with Gasteiger partial charge in [-0.3, -0.25) is 19.8 Å². The Bertz CT molecular complexity index is 705. The molecule has 2 atom stereocenters. The molecule has 0 N–H and O–H groups in total. The zero-order chi connectivity index (χ0) is 15.1. The van der Waals surface area contributed by atoms with Gasteiger partial charge in [0.15, 0.2) is 5.76 Å². The minimum Gasteiger partial charge on any atom is -0.395 e. The number of furan rings is 1. The van der Waals surface area contributed by atoms with Gasteiger partial charge in [-0.05, 0) is 26.3 Å². The molecule has 2 aromatic heterocycles. The van der Waals surface area contributed by atoms with Crippen LogP contribution in [0, 0.1) is 10.1 Å². The molecule has 0 saturated heterocycles. The highest BCUT2D eigenvalue weighted by Gasteiger charge is 2.34. The summed E-state index contributed by atoms with van der Waals surface area (Å²) in [7, 11) is 0. The van der Waals surface area contributed by atoms with Crippen LogP contribution >= 0.6 is 0 Å². The first kappa shape index (κ1) is 13.3. The summed E-state index contributed by atoms with van der Waals surface area (Å²) in [5.41, 5.74) is 0. The number of hydrogen-bond acceptors (Lipinski definition) is 5. The SMILES string of the molecule is C[C@H]1C[C@H](C)n2nccc2N1C(=O)c1ccc([N+](=O)[O-])o1. The van der Waals surface area contributed by atoms with Gasteiger partial charge in [-0.1, -0.05) is 0 Å². The molecule has 2 aromatic rings. The largest absolute Gasteiger partial charge is 0.433 e. The van der Waals surface area contributed by atoms with Crippen molar-refractivity contribution in [1.29, 1.82) is 0 Å². The van der Waals surface area contributed by atoms with E-state index in [9.17, 15) is 14.9 Å². The maximum atomic E-state index is 12.6. The lowest BCUT2D eigenvalue weighted by molar-refractivity contribution is -0.402. The maximum absolute atomic E-state index is 12.6. The number of carbonyl (C=O) groups is 1. The number of amides is 1. The average Bonchev–Trinajstić information content (AvgIpc) is 3.07. The molecule has 0 fully saturated rings. The normalized spacial score (nSPS) is 21.1. The fourth-order valence-corrected chi connectivity index (χ4v) is 2.73. The van der Waals surface area contributed by atoms with Crippen LogP contribution in [0.2, 0.25) is 0 Å². The third-order valence-corrected chi connectivity index (χ3v) is 3.64. The lowest BCUT2D eigenvalue weighted by Crippen LogP contribution is -2.44. The summed E-state index contributed by atoms with van der Waals surface area (Å²) >= 11 is 0.